The van der Waals surface area contributed by atoms with Gasteiger partial charge in [0.05, 0.1) is 20.4 Å². The number of rotatable bonds is 4. The number of hydrogen-bond donors (Lipinski definition) is 1. The van der Waals surface area contributed by atoms with E-state index >= 15 is 0 Å². The second kappa shape index (κ2) is 6.51. The van der Waals surface area contributed by atoms with Crippen molar-refractivity contribution in [3.8, 4) is 11.5 Å². The third-order valence-electron chi connectivity index (χ3n) is 4.54. The highest BCUT2D eigenvalue weighted by atomic mass is 16.5. The van der Waals surface area contributed by atoms with Crippen LogP contribution < -0.4 is 14.8 Å². The van der Waals surface area contributed by atoms with Crippen LogP contribution in [0.4, 0.5) is 4.79 Å². The fourth-order valence-electron chi connectivity index (χ4n) is 3.23. The molecule has 2 aliphatic rings. The van der Waals surface area contributed by atoms with Crippen LogP contribution in [0.3, 0.4) is 0 Å². The van der Waals surface area contributed by atoms with Gasteiger partial charge >= 0.3 is 6.03 Å². The number of nitrogens with zero attached hydrogens (tertiary/aromatic N) is 2. The van der Waals surface area contributed by atoms with Gasteiger partial charge in [-0.15, -0.1) is 5.01 Å². The van der Waals surface area contributed by atoms with E-state index in [4.69, 9.17) is 9.47 Å². The monoisotopic (exact) mass is 331 g/mol. The molecule has 7 nitrogen and oxygen atoms in total. The Kier molecular flexibility index (Phi) is 4.42. The van der Waals surface area contributed by atoms with Crippen molar-refractivity contribution in [1.29, 1.82) is 0 Å². The third-order valence-corrected chi connectivity index (χ3v) is 4.54. The molecule has 0 radical (unpaired) electrons. The number of amides is 3. The molecule has 1 saturated heterocycles. The van der Waals surface area contributed by atoms with E-state index in [0.717, 1.165) is 24.3 Å². The SMILES string of the molecule is COc1cc(C=NN2C(=O)NC3(CCCCC3)C2=O)cc(OC)c1. The van der Waals surface area contributed by atoms with Gasteiger partial charge in [0.25, 0.3) is 5.91 Å². The van der Waals surface area contributed by atoms with Crippen LogP contribution in [0.1, 0.15) is 37.7 Å². The van der Waals surface area contributed by atoms with Crippen LogP contribution in [-0.2, 0) is 4.79 Å². The van der Waals surface area contributed by atoms with E-state index in [1.807, 2.05) is 0 Å². The molecule has 1 spiro atoms. The van der Waals surface area contributed by atoms with Crippen molar-refractivity contribution in [3.05, 3.63) is 23.8 Å². The van der Waals surface area contributed by atoms with Crippen molar-refractivity contribution in [1.82, 2.24) is 10.3 Å². The van der Waals surface area contributed by atoms with Gasteiger partial charge in [0.1, 0.15) is 17.0 Å². The summed E-state index contributed by atoms with van der Waals surface area (Å²) in [5.41, 5.74) is -0.0879. The quantitative estimate of drug-likeness (QED) is 0.678. The first-order chi connectivity index (χ1) is 11.6. The number of urea groups is 1. The van der Waals surface area contributed by atoms with E-state index in [-0.39, 0.29) is 5.91 Å². The average molecular weight is 331 g/mol. The van der Waals surface area contributed by atoms with Crippen molar-refractivity contribution < 1.29 is 19.1 Å². The summed E-state index contributed by atoms with van der Waals surface area (Å²) in [7, 11) is 3.11. The maximum Gasteiger partial charge on any atom is 0.346 e. The molecular formula is C17H21N3O4. The van der Waals surface area contributed by atoms with Crippen LogP contribution in [0.2, 0.25) is 0 Å². The van der Waals surface area contributed by atoms with E-state index in [1.54, 1.807) is 32.4 Å². The Balaban J connectivity index is 1.81. The number of nitrogens with one attached hydrogen (secondary N) is 1. The standard InChI is InChI=1S/C17H21N3O4/c1-23-13-8-12(9-14(10-13)24-2)11-18-20-15(21)17(19-16(20)22)6-4-3-5-7-17/h8-11H,3-7H2,1-2H3,(H,19,22). The van der Waals surface area contributed by atoms with Crippen molar-refractivity contribution in [2.75, 3.05) is 14.2 Å². The van der Waals surface area contributed by atoms with Gasteiger partial charge in [0.15, 0.2) is 0 Å². The van der Waals surface area contributed by atoms with Gasteiger partial charge in [-0.3, -0.25) is 4.79 Å². The highest BCUT2D eigenvalue weighted by Gasteiger charge is 2.51. The number of carbonyl (C=O) groups excluding carboxylic acids is 2. The summed E-state index contributed by atoms with van der Waals surface area (Å²) in [5, 5.41) is 7.84. The van der Waals surface area contributed by atoms with Crippen LogP contribution in [0.5, 0.6) is 11.5 Å². The van der Waals surface area contributed by atoms with E-state index in [0.29, 0.717) is 29.9 Å². The fraction of sp³-hybridized carbons (Fsp3) is 0.471. The second-order valence-corrected chi connectivity index (χ2v) is 6.08. The Bertz CT molecular complexity index is 658. The molecule has 2 fully saturated rings. The Hall–Kier alpha value is -2.57. The van der Waals surface area contributed by atoms with Crippen molar-refractivity contribution in [2.45, 2.75) is 37.6 Å². The lowest BCUT2D eigenvalue weighted by Gasteiger charge is -2.29. The number of hydrazone groups is 1. The molecule has 0 aromatic heterocycles. The Morgan fingerprint density at radius 2 is 1.71 bits per heavy atom. The van der Waals surface area contributed by atoms with Gasteiger partial charge in [-0.2, -0.15) is 5.10 Å². The Morgan fingerprint density at radius 3 is 2.29 bits per heavy atom. The average Bonchev–Trinajstić information content (AvgIpc) is 2.83. The number of benzene rings is 1. The summed E-state index contributed by atoms with van der Waals surface area (Å²) in [4.78, 5) is 24.8. The van der Waals surface area contributed by atoms with E-state index in [1.165, 1.54) is 6.21 Å². The molecule has 1 saturated carbocycles. The van der Waals surface area contributed by atoms with Crippen molar-refractivity contribution >= 4 is 18.2 Å². The summed E-state index contributed by atoms with van der Waals surface area (Å²) in [6, 6.07) is 4.78. The molecule has 1 heterocycles. The number of ether oxygens (including phenoxy) is 2. The molecule has 3 amide bonds. The predicted octanol–water partition coefficient (Wildman–Crippen LogP) is 2.29. The van der Waals surface area contributed by atoms with Gasteiger partial charge in [0, 0.05) is 11.6 Å². The van der Waals surface area contributed by atoms with Crippen LogP contribution in [-0.4, -0.2) is 42.9 Å². The Morgan fingerprint density at radius 1 is 1.08 bits per heavy atom. The highest BCUT2D eigenvalue weighted by molar-refractivity contribution is 6.07. The maximum absolute atomic E-state index is 12.6. The summed E-state index contributed by atoms with van der Waals surface area (Å²) < 4.78 is 10.4. The van der Waals surface area contributed by atoms with Crippen molar-refractivity contribution in [2.24, 2.45) is 5.10 Å². The molecule has 1 aliphatic carbocycles. The number of hydrogen-bond acceptors (Lipinski definition) is 5. The zero-order valence-electron chi connectivity index (χ0n) is 13.9. The first-order valence-corrected chi connectivity index (χ1v) is 8.02. The van der Waals surface area contributed by atoms with Crippen LogP contribution >= 0.6 is 0 Å². The molecule has 1 aliphatic heterocycles. The lowest BCUT2D eigenvalue weighted by molar-refractivity contribution is -0.132. The first-order valence-electron chi connectivity index (χ1n) is 8.02. The third kappa shape index (κ3) is 2.93. The van der Waals surface area contributed by atoms with Crippen LogP contribution in [0.25, 0.3) is 0 Å². The molecule has 0 unspecified atom stereocenters. The topological polar surface area (TPSA) is 80.2 Å². The zero-order chi connectivity index (χ0) is 17.2. The van der Waals surface area contributed by atoms with Gasteiger partial charge in [0.2, 0.25) is 0 Å². The van der Waals surface area contributed by atoms with E-state index in [9.17, 15) is 9.59 Å². The lowest BCUT2D eigenvalue weighted by Crippen LogP contribution is -2.48. The molecule has 3 rings (SSSR count). The zero-order valence-corrected chi connectivity index (χ0v) is 13.9. The van der Waals surface area contributed by atoms with Gasteiger partial charge in [-0.25, -0.2) is 4.79 Å². The van der Waals surface area contributed by atoms with Crippen LogP contribution in [0, 0.1) is 0 Å². The molecule has 7 heteroatoms. The largest absolute Gasteiger partial charge is 0.497 e. The minimum atomic E-state index is -0.765. The number of carbonyl (C=O) groups is 2. The molecule has 128 valence electrons. The van der Waals surface area contributed by atoms with Crippen molar-refractivity contribution in [3.63, 3.8) is 0 Å². The molecule has 0 bridgehead atoms. The van der Waals surface area contributed by atoms with Gasteiger partial charge in [-0.1, -0.05) is 19.3 Å². The molecule has 1 aromatic rings. The summed E-state index contributed by atoms with van der Waals surface area (Å²) >= 11 is 0. The maximum atomic E-state index is 12.6. The fourth-order valence-corrected chi connectivity index (χ4v) is 3.23. The van der Waals surface area contributed by atoms with Gasteiger partial charge in [-0.05, 0) is 25.0 Å². The predicted molar refractivity (Wildman–Crippen MR) is 88.3 cm³/mol. The van der Waals surface area contributed by atoms with E-state index < -0.39 is 11.6 Å². The van der Waals surface area contributed by atoms with Crippen LogP contribution in [0.15, 0.2) is 23.3 Å². The normalized spacial score (nSPS) is 19.8. The first kappa shape index (κ1) is 16.3. The molecule has 1 N–H and O–H groups in total. The summed E-state index contributed by atoms with van der Waals surface area (Å²) in [5.74, 6) is 0.951. The molecule has 0 atom stereocenters. The summed E-state index contributed by atoms with van der Waals surface area (Å²) in [6.07, 6.45) is 5.79. The minimum absolute atomic E-state index is 0.265. The van der Waals surface area contributed by atoms with Gasteiger partial charge < -0.3 is 14.8 Å². The van der Waals surface area contributed by atoms with E-state index in [2.05, 4.69) is 10.4 Å². The number of methoxy groups -OCH3 is 2. The summed E-state index contributed by atoms with van der Waals surface area (Å²) in [6.45, 7) is 0. The molecule has 24 heavy (non-hydrogen) atoms. The molecule has 1 aromatic carbocycles. The minimum Gasteiger partial charge on any atom is -0.497 e. The smallest absolute Gasteiger partial charge is 0.346 e. The lowest BCUT2D eigenvalue weighted by atomic mass is 9.82. The number of imide groups is 1. The molecular weight excluding hydrogens is 310 g/mol. The highest BCUT2D eigenvalue weighted by Crippen LogP contribution is 2.33. The Labute approximate surface area is 140 Å². The second-order valence-electron chi connectivity index (χ2n) is 6.08.